The Morgan fingerprint density at radius 2 is 2.37 bits per heavy atom. The fourth-order valence-electron chi connectivity index (χ4n) is 1.68. The van der Waals surface area contributed by atoms with E-state index in [9.17, 15) is 10.1 Å². The summed E-state index contributed by atoms with van der Waals surface area (Å²) >= 11 is 5.91. The molecule has 0 aliphatic carbocycles. The molecular weight excluding hydrogens is 264 g/mol. The second-order valence-corrected chi connectivity index (χ2v) is 4.21. The number of benzene rings is 1. The highest BCUT2D eigenvalue weighted by Gasteiger charge is 2.17. The van der Waals surface area contributed by atoms with Crippen LogP contribution in [0.25, 0.3) is 5.69 Å². The SMILES string of the molecule is CCNC(=O)c1cnn(-c2cccc(Cl)c2)c1C#N. The highest BCUT2D eigenvalue weighted by atomic mass is 35.5. The minimum atomic E-state index is -0.313. The van der Waals surface area contributed by atoms with E-state index in [1.165, 1.54) is 10.9 Å². The van der Waals surface area contributed by atoms with E-state index in [-0.39, 0.29) is 17.2 Å². The Labute approximate surface area is 115 Å². The molecule has 0 unspecified atom stereocenters. The van der Waals surface area contributed by atoms with Gasteiger partial charge in [0.2, 0.25) is 0 Å². The second-order valence-electron chi connectivity index (χ2n) is 3.77. The summed E-state index contributed by atoms with van der Waals surface area (Å²) < 4.78 is 1.40. The Balaban J connectivity index is 2.49. The van der Waals surface area contributed by atoms with Gasteiger partial charge in [-0.05, 0) is 25.1 Å². The number of hydrogen-bond acceptors (Lipinski definition) is 3. The van der Waals surface area contributed by atoms with Gasteiger partial charge in [-0.1, -0.05) is 17.7 Å². The summed E-state index contributed by atoms with van der Waals surface area (Å²) in [7, 11) is 0. The first kappa shape index (κ1) is 13.1. The van der Waals surface area contributed by atoms with Crippen LogP contribution in [0, 0.1) is 11.3 Å². The number of aromatic nitrogens is 2. The van der Waals surface area contributed by atoms with Gasteiger partial charge in [-0.25, -0.2) is 4.68 Å². The van der Waals surface area contributed by atoms with E-state index < -0.39 is 0 Å². The summed E-state index contributed by atoms with van der Waals surface area (Å²) in [4.78, 5) is 11.8. The summed E-state index contributed by atoms with van der Waals surface area (Å²) in [5, 5.41) is 16.5. The Bertz CT molecular complexity index is 657. The van der Waals surface area contributed by atoms with Crippen LogP contribution in [0.5, 0.6) is 0 Å². The fraction of sp³-hybridized carbons (Fsp3) is 0.154. The Morgan fingerprint density at radius 1 is 1.58 bits per heavy atom. The molecule has 1 amide bonds. The molecule has 5 nitrogen and oxygen atoms in total. The number of carbonyl (C=O) groups is 1. The molecule has 0 fully saturated rings. The summed E-state index contributed by atoms with van der Waals surface area (Å²) in [6.07, 6.45) is 1.38. The smallest absolute Gasteiger partial charge is 0.255 e. The zero-order valence-electron chi connectivity index (χ0n) is 10.2. The number of halogens is 1. The predicted molar refractivity (Wildman–Crippen MR) is 71.3 cm³/mol. The van der Waals surface area contributed by atoms with Crippen LogP contribution in [-0.2, 0) is 0 Å². The Kier molecular flexibility index (Phi) is 3.83. The van der Waals surface area contributed by atoms with Crippen LogP contribution in [0.4, 0.5) is 0 Å². The largest absolute Gasteiger partial charge is 0.352 e. The number of nitrogens with zero attached hydrogens (tertiary/aromatic N) is 3. The number of amides is 1. The highest BCUT2D eigenvalue weighted by Crippen LogP contribution is 2.18. The average Bonchev–Trinajstić information content (AvgIpc) is 2.82. The van der Waals surface area contributed by atoms with E-state index in [1.54, 1.807) is 24.3 Å². The fourth-order valence-corrected chi connectivity index (χ4v) is 1.87. The van der Waals surface area contributed by atoms with Crippen molar-refractivity contribution in [3.63, 3.8) is 0 Å². The van der Waals surface area contributed by atoms with E-state index in [0.717, 1.165) is 0 Å². The van der Waals surface area contributed by atoms with E-state index in [2.05, 4.69) is 10.4 Å². The van der Waals surface area contributed by atoms with Crippen molar-refractivity contribution in [3.8, 4) is 11.8 Å². The van der Waals surface area contributed by atoms with Crippen molar-refractivity contribution in [1.29, 1.82) is 5.26 Å². The lowest BCUT2D eigenvalue weighted by atomic mass is 10.2. The molecule has 0 radical (unpaired) electrons. The van der Waals surface area contributed by atoms with E-state index >= 15 is 0 Å². The van der Waals surface area contributed by atoms with E-state index in [1.807, 2.05) is 13.0 Å². The maximum Gasteiger partial charge on any atom is 0.255 e. The van der Waals surface area contributed by atoms with Crippen LogP contribution in [0.1, 0.15) is 23.0 Å². The molecule has 1 heterocycles. The Morgan fingerprint density at radius 3 is 3.00 bits per heavy atom. The molecule has 6 heteroatoms. The number of carbonyl (C=O) groups excluding carboxylic acids is 1. The van der Waals surface area contributed by atoms with Gasteiger partial charge in [-0.3, -0.25) is 4.79 Å². The van der Waals surface area contributed by atoms with Crippen molar-refractivity contribution < 1.29 is 4.79 Å². The van der Waals surface area contributed by atoms with Gasteiger partial charge in [0.05, 0.1) is 17.4 Å². The maximum atomic E-state index is 11.8. The topological polar surface area (TPSA) is 70.7 Å². The molecule has 0 saturated heterocycles. The molecule has 2 aromatic rings. The first-order valence-corrected chi connectivity index (χ1v) is 6.07. The van der Waals surface area contributed by atoms with Crippen LogP contribution in [-0.4, -0.2) is 22.2 Å². The molecule has 96 valence electrons. The molecule has 0 spiro atoms. The quantitative estimate of drug-likeness (QED) is 0.932. The van der Waals surface area contributed by atoms with Gasteiger partial charge in [0.15, 0.2) is 5.69 Å². The molecule has 1 aromatic heterocycles. The van der Waals surface area contributed by atoms with Crippen molar-refractivity contribution in [2.45, 2.75) is 6.92 Å². The summed E-state index contributed by atoms with van der Waals surface area (Å²) in [5.41, 5.74) is 1.08. The third kappa shape index (κ3) is 2.59. The van der Waals surface area contributed by atoms with Crippen LogP contribution in [0.15, 0.2) is 30.5 Å². The van der Waals surface area contributed by atoms with Gasteiger partial charge in [-0.15, -0.1) is 0 Å². The molecule has 2 rings (SSSR count). The highest BCUT2D eigenvalue weighted by molar-refractivity contribution is 6.30. The van der Waals surface area contributed by atoms with Crippen molar-refractivity contribution in [1.82, 2.24) is 15.1 Å². The van der Waals surface area contributed by atoms with Crippen molar-refractivity contribution in [2.75, 3.05) is 6.54 Å². The molecule has 0 aliphatic heterocycles. The average molecular weight is 275 g/mol. The molecule has 1 aromatic carbocycles. The number of rotatable bonds is 3. The van der Waals surface area contributed by atoms with Crippen molar-refractivity contribution in [3.05, 3.63) is 46.7 Å². The van der Waals surface area contributed by atoms with E-state index in [4.69, 9.17) is 11.6 Å². The summed E-state index contributed by atoms with van der Waals surface area (Å²) in [6, 6.07) is 8.92. The third-order valence-corrected chi connectivity index (χ3v) is 2.74. The standard InChI is InChI=1S/C13H11ClN4O/c1-2-16-13(19)11-8-17-18(12(11)7-15)10-5-3-4-9(14)6-10/h3-6,8H,2H2,1H3,(H,16,19). The minimum absolute atomic E-state index is 0.188. The summed E-state index contributed by atoms with van der Waals surface area (Å²) in [5.74, 6) is -0.313. The molecule has 0 saturated carbocycles. The first-order chi connectivity index (χ1) is 9.17. The molecule has 0 aliphatic rings. The van der Waals surface area contributed by atoms with E-state index in [0.29, 0.717) is 17.3 Å². The summed E-state index contributed by atoms with van der Waals surface area (Å²) in [6.45, 7) is 2.30. The van der Waals surface area contributed by atoms with Gasteiger partial charge in [0.25, 0.3) is 5.91 Å². The van der Waals surface area contributed by atoms with Crippen LogP contribution >= 0.6 is 11.6 Å². The maximum absolute atomic E-state index is 11.8. The van der Waals surface area contributed by atoms with Crippen LogP contribution < -0.4 is 5.32 Å². The molecule has 1 N–H and O–H groups in total. The zero-order chi connectivity index (χ0) is 13.8. The lowest BCUT2D eigenvalue weighted by Gasteiger charge is -2.04. The zero-order valence-corrected chi connectivity index (χ0v) is 11.0. The Hall–Kier alpha value is -2.32. The number of nitrogens with one attached hydrogen (secondary N) is 1. The van der Waals surface area contributed by atoms with Gasteiger partial charge in [-0.2, -0.15) is 10.4 Å². The predicted octanol–water partition coefficient (Wildman–Crippen LogP) is 2.15. The van der Waals surface area contributed by atoms with Crippen molar-refractivity contribution in [2.24, 2.45) is 0 Å². The molecule has 19 heavy (non-hydrogen) atoms. The number of nitriles is 1. The molecule has 0 atom stereocenters. The first-order valence-electron chi connectivity index (χ1n) is 5.69. The number of hydrogen-bond donors (Lipinski definition) is 1. The van der Waals surface area contributed by atoms with Crippen molar-refractivity contribution >= 4 is 17.5 Å². The lowest BCUT2D eigenvalue weighted by molar-refractivity contribution is 0.0955. The van der Waals surface area contributed by atoms with Crippen LogP contribution in [0.2, 0.25) is 5.02 Å². The third-order valence-electron chi connectivity index (χ3n) is 2.51. The van der Waals surface area contributed by atoms with Gasteiger partial charge in [0.1, 0.15) is 6.07 Å². The van der Waals surface area contributed by atoms with Gasteiger partial charge in [0, 0.05) is 11.6 Å². The molecular formula is C13H11ClN4O. The van der Waals surface area contributed by atoms with Crippen LogP contribution in [0.3, 0.4) is 0 Å². The normalized spacial score (nSPS) is 9.95. The van der Waals surface area contributed by atoms with Gasteiger partial charge >= 0.3 is 0 Å². The monoisotopic (exact) mass is 274 g/mol. The molecule has 0 bridgehead atoms. The second kappa shape index (κ2) is 5.55. The minimum Gasteiger partial charge on any atom is -0.352 e. The van der Waals surface area contributed by atoms with Gasteiger partial charge < -0.3 is 5.32 Å². The lowest BCUT2D eigenvalue weighted by Crippen LogP contribution is -2.23.